The van der Waals surface area contributed by atoms with Gasteiger partial charge in [-0.15, -0.1) is 0 Å². The van der Waals surface area contributed by atoms with Gasteiger partial charge in [0.15, 0.2) is 0 Å². The number of hydrogen-bond donors (Lipinski definition) is 1. The van der Waals surface area contributed by atoms with Gasteiger partial charge in [-0.2, -0.15) is 0 Å². The standard InChI is InChI=1S/C11H23NO2/c1-6-8(2)7-9(12)10(13)14-11(3,4)5/h8-9H,6-7,12H2,1-5H3/t8-,9-/m0/s1. The zero-order valence-electron chi connectivity index (χ0n) is 9.96. The van der Waals surface area contributed by atoms with Crippen molar-refractivity contribution in [2.45, 2.75) is 59.1 Å². The van der Waals surface area contributed by atoms with Crippen molar-refractivity contribution in [2.24, 2.45) is 11.7 Å². The van der Waals surface area contributed by atoms with Crippen LogP contribution in [0.4, 0.5) is 0 Å². The van der Waals surface area contributed by atoms with E-state index in [1.165, 1.54) is 0 Å². The number of rotatable bonds is 4. The van der Waals surface area contributed by atoms with Gasteiger partial charge in [0.1, 0.15) is 11.6 Å². The molecule has 84 valence electrons. The molecule has 0 aromatic carbocycles. The largest absolute Gasteiger partial charge is 0.459 e. The van der Waals surface area contributed by atoms with Gasteiger partial charge in [0.2, 0.25) is 0 Å². The number of carbonyl (C=O) groups excluding carboxylic acids is 1. The molecule has 0 aliphatic rings. The van der Waals surface area contributed by atoms with Crippen molar-refractivity contribution in [3.8, 4) is 0 Å². The zero-order chi connectivity index (χ0) is 11.4. The summed E-state index contributed by atoms with van der Waals surface area (Å²) >= 11 is 0. The molecular formula is C11H23NO2. The molecule has 14 heavy (non-hydrogen) atoms. The van der Waals surface area contributed by atoms with Crippen LogP contribution in [-0.2, 0) is 9.53 Å². The highest BCUT2D eigenvalue weighted by molar-refractivity contribution is 5.75. The first-order valence-corrected chi connectivity index (χ1v) is 5.24. The fourth-order valence-corrected chi connectivity index (χ4v) is 1.07. The van der Waals surface area contributed by atoms with Crippen LogP contribution in [0.5, 0.6) is 0 Å². The zero-order valence-corrected chi connectivity index (χ0v) is 9.96. The monoisotopic (exact) mass is 201 g/mol. The highest BCUT2D eigenvalue weighted by Gasteiger charge is 2.22. The van der Waals surface area contributed by atoms with Crippen molar-refractivity contribution in [3.63, 3.8) is 0 Å². The molecule has 0 amide bonds. The van der Waals surface area contributed by atoms with Gasteiger partial charge in [0, 0.05) is 0 Å². The molecule has 0 aromatic heterocycles. The van der Waals surface area contributed by atoms with Gasteiger partial charge in [0.25, 0.3) is 0 Å². The van der Waals surface area contributed by atoms with Crippen LogP contribution in [-0.4, -0.2) is 17.6 Å². The van der Waals surface area contributed by atoms with Crippen LogP contribution in [0.25, 0.3) is 0 Å². The second-order valence-corrected chi connectivity index (χ2v) is 4.89. The van der Waals surface area contributed by atoms with Gasteiger partial charge in [-0.05, 0) is 33.1 Å². The summed E-state index contributed by atoms with van der Waals surface area (Å²) in [7, 11) is 0. The third-order valence-corrected chi connectivity index (χ3v) is 2.06. The molecule has 0 radical (unpaired) electrons. The lowest BCUT2D eigenvalue weighted by Crippen LogP contribution is -2.38. The normalized spacial score (nSPS) is 16.1. The average Bonchev–Trinajstić information content (AvgIpc) is 2.00. The first-order valence-electron chi connectivity index (χ1n) is 5.24. The van der Waals surface area contributed by atoms with Gasteiger partial charge >= 0.3 is 5.97 Å². The van der Waals surface area contributed by atoms with Crippen LogP contribution in [0, 0.1) is 5.92 Å². The lowest BCUT2D eigenvalue weighted by molar-refractivity contribution is -0.156. The van der Waals surface area contributed by atoms with Gasteiger partial charge in [-0.1, -0.05) is 20.3 Å². The van der Waals surface area contributed by atoms with Gasteiger partial charge in [-0.25, -0.2) is 0 Å². The summed E-state index contributed by atoms with van der Waals surface area (Å²) in [6.45, 7) is 9.72. The molecule has 0 rings (SSSR count). The summed E-state index contributed by atoms with van der Waals surface area (Å²) in [5.74, 6) is 0.176. The van der Waals surface area contributed by atoms with Crippen molar-refractivity contribution in [1.82, 2.24) is 0 Å². The van der Waals surface area contributed by atoms with Gasteiger partial charge in [0.05, 0.1) is 0 Å². The van der Waals surface area contributed by atoms with E-state index in [0.29, 0.717) is 12.3 Å². The molecule has 0 bridgehead atoms. The van der Waals surface area contributed by atoms with Crippen molar-refractivity contribution < 1.29 is 9.53 Å². The third-order valence-electron chi connectivity index (χ3n) is 2.06. The Morgan fingerprint density at radius 1 is 1.43 bits per heavy atom. The van der Waals surface area contributed by atoms with Crippen molar-refractivity contribution in [1.29, 1.82) is 0 Å². The molecule has 2 atom stereocenters. The minimum atomic E-state index is -0.482. The Kier molecular flexibility index (Phi) is 5.13. The Morgan fingerprint density at radius 3 is 2.29 bits per heavy atom. The van der Waals surface area contributed by atoms with E-state index in [4.69, 9.17) is 10.5 Å². The molecule has 3 heteroatoms. The number of hydrogen-bond acceptors (Lipinski definition) is 3. The van der Waals surface area contributed by atoms with Crippen LogP contribution in [0.2, 0.25) is 0 Å². The predicted octanol–water partition coefficient (Wildman–Crippen LogP) is 2.09. The van der Waals surface area contributed by atoms with Crippen LogP contribution in [0.3, 0.4) is 0 Å². The fourth-order valence-electron chi connectivity index (χ4n) is 1.07. The van der Waals surface area contributed by atoms with E-state index in [9.17, 15) is 4.79 Å². The van der Waals surface area contributed by atoms with Crippen LogP contribution < -0.4 is 5.73 Å². The quantitative estimate of drug-likeness (QED) is 0.709. The van der Waals surface area contributed by atoms with Crippen molar-refractivity contribution in [3.05, 3.63) is 0 Å². The van der Waals surface area contributed by atoms with Gasteiger partial charge in [-0.3, -0.25) is 4.79 Å². The molecule has 0 fully saturated rings. The number of carbonyl (C=O) groups is 1. The van der Waals surface area contributed by atoms with E-state index in [0.717, 1.165) is 6.42 Å². The summed E-state index contributed by atoms with van der Waals surface area (Å²) in [5, 5.41) is 0. The van der Waals surface area contributed by atoms with E-state index in [-0.39, 0.29) is 5.97 Å². The topological polar surface area (TPSA) is 52.3 Å². The molecule has 2 N–H and O–H groups in total. The molecule has 0 aromatic rings. The number of ether oxygens (including phenoxy) is 1. The minimum absolute atomic E-state index is 0.294. The lowest BCUT2D eigenvalue weighted by Gasteiger charge is -2.23. The second-order valence-electron chi connectivity index (χ2n) is 4.89. The molecule has 0 unspecified atom stereocenters. The molecule has 0 spiro atoms. The van der Waals surface area contributed by atoms with Crippen LogP contribution in [0.1, 0.15) is 47.5 Å². The lowest BCUT2D eigenvalue weighted by atomic mass is 10.00. The second kappa shape index (κ2) is 5.35. The van der Waals surface area contributed by atoms with Gasteiger partial charge < -0.3 is 10.5 Å². The maximum Gasteiger partial charge on any atom is 0.323 e. The van der Waals surface area contributed by atoms with E-state index in [2.05, 4.69) is 13.8 Å². The molecular weight excluding hydrogens is 178 g/mol. The molecule has 0 heterocycles. The Balaban J connectivity index is 4.00. The van der Waals surface area contributed by atoms with Crippen molar-refractivity contribution >= 4 is 5.97 Å². The highest BCUT2D eigenvalue weighted by Crippen LogP contribution is 2.13. The Labute approximate surface area is 87.0 Å². The summed E-state index contributed by atoms with van der Waals surface area (Å²) < 4.78 is 5.18. The summed E-state index contributed by atoms with van der Waals surface area (Å²) in [6, 6.07) is -0.482. The van der Waals surface area contributed by atoms with E-state index < -0.39 is 11.6 Å². The SMILES string of the molecule is CC[C@H](C)C[C@H](N)C(=O)OC(C)(C)C. The third kappa shape index (κ3) is 5.97. The highest BCUT2D eigenvalue weighted by atomic mass is 16.6. The molecule has 0 saturated heterocycles. The minimum Gasteiger partial charge on any atom is -0.459 e. The van der Waals surface area contributed by atoms with Crippen molar-refractivity contribution in [2.75, 3.05) is 0 Å². The fraction of sp³-hybridized carbons (Fsp3) is 0.909. The first kappa shape index (κ1) is 13.4. The Bertz CT molecular complexity index is 184. The smallest absolute Gasteiger partial charge is 0.323 e. The number of esters is 1. The molecule has 3 nitrogen and oxygen atoms in total. The summed E-state index contributed by atoms with van der Waals surface area (Å²) in [6.07, 6.45) is 1.74. The first-order chi connectivity index (χ1) is 6.26. The molecule has 0 aliphatic heterocycles. The summed E-state index contributed by atoms with van der Waals surface area (Å²) in [4.78, 5) is 11.5. The van der Waals surface area contributed by atoms with E-state index in [1.807, 2.05) is 20.8 Å². The molecule has 0 aliphatic carbocycles. The molecule has 0 saturated carbocycles. The summed E-state index contributed by atoms with van der Waals surface area (Å²) in [5.41, 5.74) is 5.29. The maximum absolute atomic E-state index is 11.5. The maximum atomic E-state index is 11.5. The van der Waals surface area contributed by atoms with Crippen LogP contribution >= 0.6 is 0 Å². The Hall–Kier alpha value is -0.570. The van der Waals surface area contributed by atoms with Crippen LogP contribution in [0.15, 0.2) is 0 Å². The average molecular weight is 201 g/mol. The predicted molar refractivity (Wildman–Crippen MR) is 57.9 cm³/mol. The Morgan fingerprint density at radius 2 is 1.93 bits per heavy atom. The van der Waals surface area contributed by atoms with E-state index in [1.54, 1.807) is 0 Å². The van der Waals surface area contributed by atoms with E-state index >= 15 is 0 Å². The number of nitrogens with two attached hydrogens (primary N) is 1.